The van der Waals surface area contributed by atoms with Crippen LogP contribution in [0.25, 0.3) is 0 Å². The monoisotopic (exact) mass is 349 g/mol. The molecule has 0 saturated heterocycles. The fourth-order valence-electron chi connectivity index (χ4n) is 2.08. The topological polar surface area (TPSA) is 60.2 Å². The predicted octanol–water partition coefficient (Wildman–Crippen LogP) is 3.38. The fraction of sp³-hybridized carbons (Fsp3) is 0.312. The molecule has 112 valence electrons. The van der Waals surface area contributed by atoms with E-state index in [1.165, 1.54) is 5.56 Å². The highest BCUT2D eigenvalue weighted by Gasteiger charge is 2.13. The number of halogens is 1. The summed E-state index contributed by atoms with van der Waals surface area (Å²) in [6.07, 6.45) is 5.29. The molecule has 0 bridgehead atoms. The van der Waals surface area contributed by atoms with Gasteiger partial charge in [-0.05, 0) is 36.1 Å². The number of nitrogens with one attached hydrogen (secondary N) is 1. The second-order valence-corrected chi connectivity index (χ2v) is 5.67. The van der Waals surface area contributed by atoms with Crippen molar-refractivity contribution in [2.24, 2.45) is 5.84 Å². The molecule has 5 heteroatoms. The van der Waals surface area contributed by atoms with Crippen molar-refractivity contribution in [2.45, 2.75) is 25.8 Å². The summed E-state index contributed by atoms with van der Waals surface area (Å²) in [5, 5.41) is 0. The number of hydrogen-bond donors (Lipinski definition) is 2. The molecule has 2 aromatic rings. The van der Waals surface area contributed by atoms with Crippen molar-refractivity contribution in [2.75, 3.05) is 6.61 Å². The van der Waals surface area contributed by atoms with E-state index in [1.807, 2.05) is 30.5 Å². The smallest absolute Gasteiger partial charge is 0.137 e. The number of benzene rings is 1. The molecule has 1 unspecified atom stereocenters. The van der Waals surface area contributed by atoms with Crippen molar-refractivity contribution in [3.8, 4) is 5.75 Å². The van der Waals surface area contributed by atoms with Gasteiger partial charge in [-0.15, -0.1) is 0 Å². The van der Waals surface area contributed by atoms with Crippen LogP contribution in [0.4, 0.5) is 0 Å². The average molecular weight is 350 g/mol. The van der Waals surface area contributed by atoms with Gasteiger partial charge in [0.05, 0.1) is 18.8 Å². The van der Waals surface area contributed by atoms with Crippen molar-refractivity contribution in [3.63, 3.8) is 0 Å². The van der Waals surface area contributed by atoms with Gasteiger partial charge < -0.3 is 4.74 Å². The second kappa shape index (κ2) is 8.12. The Balaban J connectivity index is 2.15. The SMILES string of the molecule is CCCOc1cncc(C(Cc2ccccc2Br)NN)c1. The Morgan fingerprint density at radius 2 is 2.14 bits per heavy atom. The minimum atomic E-state index is -0.0126. The van der Waals surface area contributed by atoms with E-state index in [4.69, 9.17) is 10.6 Å². The number of hydrogen-bond acceptors (Lipinski definition) is 4. The molecule has 0 aliphatic heterocycles. The molecule has 1 heterocycles. The molecule has 1 atom stereocenters. The molecule has 0 aliphatic rings. The van der Waals surface area contributed by atoms with Gasteiger partial charge in [0.2, 0.25) is 0 Å². The maximum atomic E-state index is 5.72. The van der Waals surface area contributed by atoms with Crippen LogP contribution < -0.4 is 16.0 Å². The van der Waals surface area contributed by atoms with Crippen LogP contribution in [0, 0.1) is 0 Å². The molecule has 1 aromatic carbocycles. The zero-order valence-electron chi connectivity index (χ0n) is 12.1. The van der Waals surface area contributed by atoms with E-state index in [-0.39, 0.29) is 6.04 Å². The van der Waals surface area contributed by atoms with Gasteiger partial charge in [0.25, 0.3) is 0 Å². The summed E-state index contributed by atoms with van der Waals surface area (Å²) >= 11 is 3.57. The lowest BCUT2D eigenvalue weighted by Gasteiger charge is -2.17. The molecule has 0 saturated carbocycles. The molecule has 21 heavy (non-hydrogen) atoms. The summed E-state index contributed by atoms with van der Waals surface area (Å²) in [5.74, 6) is 6.50. The van der Waals surface area contributed by atoms with E-state index in [0.717, 1.165) is 28.6 Å². The first-order chi connectivity index (χ1) is 10.2. The van der Waals surface area contributed by atoms with Crippen molar-refractivity contribution in [1.82, 2.24) is 10.4 Å². The number of hydrazine groups is 1. The lowest BCUT2D eigenvalue weighted by Crippen LogP contribution is -2.29. The van der Waals surface area contributed by atoms with Crippen LogP contribution in [-0.2, 0) is 6.42 Å². The molecule has 0 aliphatic carbocycles. The standard InChI is InChI=1S/C16H20BrN3O/c1-2-7-21-14-8-13(10-19-11-14)16(20-18)9-12-5-3-4-6-15(12)17/h3-6,8,10-11,16,20H,2,7,9,18H2,1H3. The Labute approximate surface area is 133 Å². The Morgan fingerprint density at radius 1 is 1.33 bits per heavy atom. The molecule has 3 N–H and O–H groups in total. The Hall–Kier alpha value is -1.43. The third-order valence-electron chi connectivity index (χ3n) is 3.19. The zero-order chi connectivity index (χ0) is 15.1. The molecule has 0 spiro atoms. The fourth-order valence-corrected chi connectivity index (χ4v) is 2.53. The molecule has 1 aromatic heterocycles. The minimum Gasteiger partial charge on any atom is -0.492 e. The third-order valence-corrected chi connectivity index (χ3v) is 3.97. The van der Waals surface area contributed by atoms with E-state index >= 15 is 0 Å². The van der Waals surface area contributed by atoms with E-state index in [0.29, 0.717) is 6.61 Å². The van der Waals surface area contributed by atoms with Gasteiger partial charge in [-0.2, -0.15) is 0 Å². The molecule has 2 rings (SSSR count). The number of ether oxygens (including phenoxy) is 1. The van der Waals surface area contributed by atoms with Crippen LogP contribution in [0.15, 0.2) is 47.2 Å². The van der Waals surface area contributed by atoms with Crippen molar-refractivity contribution >= 4 is 15.9 Å². The number of nitrogens with zero attached hydrogens (tertiary/aromatic N) is 1. The van der Waals surface area contributed by atoms with Crippen LogP contribution >= 0.6 is 15.9 Å². The molecular formula is C16H20BrN3O. The Bertz CT molecular complexity index is 577. The highest BCUT2D eigenvalue weighted by atomic mass is 79.9. The van der Waals surface area contributed by atoms with Crippen molar-refractivity contribution in [3.05, 3.63) is 58.3 Å². The lowest BCUT2D eigenvalue weighted by atomic mass is 10.0. The minimum absolute atomic E-state index is 0.0126. The molecular weight excluding hydrogens is 330 g/mol. The summed E-state index contributed by atoms with van der Waals surface area (Å²) < 4.78 is 6.70. The van der Waals surface area contributed by atoms with Gasteiger partial charge in [0.1, 0.15) is 5.75 Å². The highest BCUT2D eigenvalue weighted by Crippen LogP contribution is 2.24. The number of rotatable bonds is 7. The average Bonchev–Trinajstić information content (AvgIpc) is 2.52. The molecule has 0 amide bonds. The van der Waals surface area contributed by atoms with E-state index in [1.54, 1.807) is 6.20 Å². The highest BCUT2D eigenvalue weighted by molar-refractivity contribution is 9.10. The van der Waals surface area contributed by atoms with Crippen LogP contribution in [-0.4, -0.2) is 11.6 Å². The number of pyridine rings is 1. The first kappa shape index (κ1) is 15.9. The second-order valence-electron chi connectivity index (χ2n) is 4.82. The van der Waals surface area contributed by atoms with Crippen LogP contribution in [0.3, 0.4) is 0 Å². The maximum absolute atomic E-state index is 5.72. The number of aromatic nitrogens is 1. The van der Waals surface area contributed by atoms with Gasteiger partial charge in [-0.3, -0.25) is 16.3 Å². The maximum Gasteiger partial charge on any atom is 0.137 e. The largest absolute Gasteiger partial charge is 0.492 e. The summed E-state index contributed by atoms with van der Waals surface area (Å²) in [7, 11) is 0. The van der Waals surface area contributed by atoms with Gasteiger partial charge in [0.15, 0.2) is 0 Å². The molecule has 4 nitrogen and oxygen atoms in total. The van der Waals surface area contributed by atoms with Gasteiger partial charge in [-0.1, -0.05) is 41.1 Å². The lowest BCUT2D eigenvalue weighted by molar-refractivity contribution is 0.315. The van der Waals surface area contributed by atoms with Crippen LogP contribution in [0.2, 0.25) is 0 Å². The summed E-state index contributed by atoms with van der Waals surface area (Å²) in [6.45, 7) is 2.77. The predicted molar refractivity (Wildman–Crippen MR) is 87.9 cm³/mol. The van der Waals surface area contributed by atoms with Crippen LogP contribution in [0.5, 0.6) is 5.75 Å². The van der Waals surface area contributed by atoms with Gasteiger partial charge >= 0.3 is 0 Å². The molecule has 0 radical (unpaired) electrons. The van der Waals surface area contributed by atoms with Crippen molar-refractivity contribution in [1.29, 1.82) is 0 Å². The first-order valence-electron chi connectivity index (χ1n) is 7.02. The van der Waals surface area contributed by atoms with E-state index in [9.17, 15) is 0 Å². The van der Waals surface area contributed by atoms with E-state index in [2.05, 4.69) is 39.3 Å². The van der Waals surface area contributed by atoms with Gasteiger partial charge in [-0.25, -0.2) is 0 Å². The zero-order valence-corrected chi connectivity index (χ0v) is 13.6. The first-order valence-corrected chi connectivity index (χ1v) is 7.81. The van der Waals surface area contributed by atoms with Crippen molar-refractivity contribution < 1.29 is 4.74 Å². The normalized spacial score (nSPS) is 12.1. The molecule has 0 fully saturated rings. The Kier molecular flexibility index (Phi) is 6.17. The number of nitrogens with two attached hydrogens (primary N) is 1. The third kappa shape index (κ3) is 4.52. The summed E-state index contributed by atoms with van der Waals surface area (Å²) in [5.41, 5.74) is 5.07. The summed E-state index contributed by atoms with van der Waals surface area (Å²) in [4.78, 5) is 4.24. The quantitative estimate of drug-likeness (QED) is 0.594. The van der Waals surface area contributed by atoms with E-state index < -0.39 is 0 Å². The van der Waals surface area contributed by atoms with Crippen LogP contribution in [0.1, 0.15) is 30.5 Å². The van der Waals surface area contributed by atoms with Gasteiger partial charge in [0, 0.05) is 10.7 Å². The summed E-state index contributed by atoms with van der Waals surface area (Å²) in [6, 6.07) is 10.1. The Morgan fingerprint density at radius 3 is 2.86 bits per heavy atom.